The maximum Gasteiger partial charge on any atom is -0.00763 e. The van der Waals surface area contributed by atoms with Crippen molar-refractivity contribution in [3.63, 3.8) is 0 Å². The van der Waals surface area contributed by atoms with Gasteiger partial charge in [0.05, 0.1) is 0 Å². The van der Waals surface area contributed by atoms with E-state index >= 15 is 0 Å². The summed E-state index contributed by atoms with van der Waals surface area (Å²) in [6.45, 7) is 4.00. The summed E-state index contributed by atoms with van der Waals surface area (Å²) in [5.41, 5.74) is 5.63. The summed E-state index contributed by atoms with van der Waals surface area (Å²) >= 11 is 0. The zero-order valence-corrected chi connectivity index (χ0v) is 16.7. The van der Waals surface area contributed by atoms with Crippen LogP contribution < -0.4 is 0 Å². The molecule has 0 bridgehead atoms. The summed E-state index contributed by atoms with van der Waals surface area (Å²) in [6.07, 6.45) is 11.1. The van der Waals surface area contributed by atoms with E-state index in [1.807, 2.05) is 13.8 Å². The highest BCUT2D eigenvalue weighted by atomic mass is 14.1. The molecule has 2 aliphatic rings. The third-order valence-electron chi connectivity index (χ3n) is 5.32. The van der Waals surface area contributed by atoms with Crippen LogP contribution in [-0.2, 0) is 12.8 Å². The zero-order valence-electron chi connectivity index (χ0n) is 16.7. The number of allylic oxidation sites excluding steroid dienone is 2. The Labute approximate surface area is 167 Å². The summed E-state index contributed by atoms with van der Waals surface area (Å²) in [6, 6.07) is 26.1. The fraction of sp³-hybridized carbons (Fsp3) is 0.143. The van der Waals surface area contributed by atoms with E-state index in [0.717, 1.165) is 12.8 Å². The molecule has 0 saturated heterocycles. The van der Waals surface area contributed by atoms with Crippen molar-refractivity contribution in [2.45, 2.75) is 26.7 Å². The van der Waals surface area contributed by atoms with E-state index in [9.17, 15) is 0 Å². The van der Waals surface area contributed by atoms with Gasteiger partial charge in [0.2, 0.25) is 0 Å². The molecule has 0 heterocycles. The van der Waals surface area contributed by atoms with Gasteiger partial charge >= 0.3 is 0 Å². The van der Waals surface area contributed by atoms with Crippen LogP contribution in [0.2, 0.25) is 0 Å². The molecule has 138 valence electrons. The van der Waals surface area contributed by atoms with Crippen LogP contribution in [0.15, 0.2) is 84.9 Å². The smallest absolute Gasteiger partial charge is 0.00763 e. The molecule has 0 N–H and O–H groups in total. The van der Waals surface area contributed by atoms with E-state index in [0.29, 0.717) is 0 Å². The number of benzene rings is 4. The minimum Gasteiger partial charge on any atom is -0.0795 e. The van der Waals surface area contributed by atoms with Crippen LogP contribution in [0, 0.1) is 0 Å². The second-order valence-corrected chi connectivity index (χ2v) is 6.94. The highest BCUT2D eigenvalue weighted by Gasteiger charge is 2.07. The summed E-state index contributed by atoms with van der Waals surface area (Å²) in [5.74, 6) is 0. The Morgan fingerprint density at radius 3 is 1.32 bits per heavy atom. The van der Waals surface area contributed by atoms with Gasteiger partial charge in [-0.15, -0.1) is 0 Å². The van der Waals surface area contributed by atoms with E-state index in [4.69, 9.17) is 0 Å². The van der Waals surface area contributed by atoms with E-state index in [2.05, 4.69) is 97.1 Å². The lowest BCUT2D eigenvalue weighted by Gasteiger charge is -2.11. The molecule has 0 unspecified atom stereocenters. The topological polar surface area (TPSA) is 0 Å². The van der Waals surface area contributed by atoms with Crippen molar-refractivity contribution in [3.8, 4) is 0 Å². The Bertz CT molecular complexity index is 1070. The largest absolute Gasteiger partial charge is 0.0795 e. The fourth-order valence-electron chi connectivity index (χ4n) is 4.14. The van der Waals surface area contributed by atoms with Crippen LogP contribution in [0.5, 0.6) is 0 Å². The normalized spacial score (nSPS) is 12.8. The Morgan fingerprint density at radius 2 is 0.893 bits per heavy atom. The van der Waals surface area contributed by atoms with Crippen molar-refractivity contribution in [1.29, 1.82) is 0 Å². The lowest BCUT2D eigenvalue weighted by atomic mass is 9.93. The van der Waals surface area contributed by atoms with Gasteiger partial charge < -0.3 is 0 Å². The lowest BCUT2D eigenvalue weighted by molar-refractivity contribution is 1.29. The van der Waals surface area contributed by atoms with Crippen molar-refractivity contribution < 1.29 is 0 Å². The molecular formula is C28H26. The lowest BCUT2D eigenvalue weighted by Crippen LogP contribution is -1.91. The van der Waals surface area contributed by atoms with Crippen molar-refractivity contribution >= 4 is 33.7 Å². The van der Waals surface area contributed by atoms with Crippen LogP contribution in [0.1, 0.15) is 36.1 Å². The second kappa shape index (κ2) is 8.27. The molecule has 0 fully saturated rings. The predicted octanol–water partition coefficient (Wildman–Crippen LogP) is 7.84. The molecule has 4 aromatic carbocycles. The average molecular weight is 363 g/mol. The van der Waals surface area contributed by atoms with E-state index in [1.165, 1.54) is 43.8 Å². The molecule has 6 rings (SSSR count). The van der Waals surface area contributed by atoms with Gasteiger partial charge in [-0.05, 0) is 56.6 Å². The summed E-state index contributed by atoms with van der Waals surface area (Å²) in [7, 11) is 0. The molecule has 0 aromatic heterocycles. The molecule has 0 saturated carbocycles. The van der Waals surface area contributed by atoms with Crippen LogP contribution in [0.3, 0.4) is 0 Å². The zero-order chi connectivity index (χ0) is 19.3. The standard InChI is InChI=1S/2C13H10.C2H6/c2*1-4-10-6-2-8-12-9-3-7-11(5-1)13(10)12;1-2/h2*1-8H,9H2;1-2H3. The molecule has 28 heavy (non-hydrogen) atoms. The Morgan fingerprint density at radius 1 is 0.500 bits per heavy atom. The molecule has 2 aliphatic carbocycles. The Kier molecular flexibility index (Phi) is 5.39. The van der Waals surface area contributed by atoms with Gasteiger partial charge in [-0.1, -0.05) is 111 Å². The maximum absolute atomic E-state index is 2.23. The second-order valence-electron chi connectivity index (χ2n) is 6.94. The minimum atomic E-state index is 1.08. The third kappa shape index (κ3) is 3.39. The number of hydrogen-bond donors (Lipinski definition) is 0. The van der Waals surface area contributed by atoms with Gasteiger partial charge in [0.1, 0.15) is 0 Å². The highest BCUT2D eigenvalue weighted by molar-refractivity contribution is 5.95. The first kappa shape index (κ1) is 18.3. The molecule has 0 atom stereocenters. The third-order valence-corrected chi connectivity index (χ3v) is 5.32. The average Bonchev–Trinajstić information content (AvgIpc) is 2.77. The number of hydrogen-bond acceptors (Lipinski definition) is 0. The quantitative estimate of drug-likeness (QED) is 0.299. The SMILES string of the molecule is C1=Cc2cccc3cccc(c23)C1.C1=Cc2cccc3cccc(c23)C1.CC. The maximum atomic E-state index is 2.23. The van der Waals surface area contributed by atoms with Crippen molar-refractivity contribution in [1.82, 2.24) is 0 Å². The Balaban J connectivity index is 0.000000126. The van der Waals surface area contributed by atoms with Gasteiger partial charge in [-0.2, -0.15) is 0 Å². The molecule has 0 heteroatoms. The van der Waals surface area contributed by atoms with Gasteiger partial charge in [-0.3, -0.25) is 0 Å². The predicted molar refractivity (Wildman–Crippen MR) is 125 cm³/mol. The summed E-state index contributed by atoms with van der Waals surface area (Å²) in [5, 5.41) is 5.60. The van der Waals surface area contributed by atoms with Crippen LogP contribution >= 0.6 is 0 Å². The molecule has 0 radical (unpaired) electrons. The minimum absolute atomic E-state index is 1.08. The van der Waals surface area contributed by atoms with Crippen molar-refractivity contribution in [3.05, 3.63) is 107 Å². The van der Waals surface area contributed by atoms with Gasteiger partial charge in [0.15, 0.2) is 0 Å². The Hall–Kier alpha value is -3.12. The highest BCUT2D eigenvalue weighted by Crippen LogP contribution is 2.28. The molecular weight excluding hydrogens is 336 g/mol. The first-order valence-corrected chi connectivity index (χ1v) is 10.2. The van der Waals surface area contributed by atoms with E-state index < -0.39 is 0 Å². The van der Waals surface area contributed by atoms with Crippen molar-refractivity contribution in [2.24, 2.45) is 0 Å². The molecule has 4 aromatic rings. The molecule has 0 amide bonds. The molecule has 0 spiro atoms. The molecule has 0 nitrogen and oxygen atoms in total. The van der Waals surface area contributed by atoms with Gasteiger partial charge in [0.25, 0.3) is 0 Å². The number of rotatable bonds is 0. The van der Waals surface area contributed by atoms with Crippen LogP contribution in [0.25, 0.3) is 33.7 Å². The summed E-state index contributed by atoms with van der Waals surface area (Å²) < 4.78 is 0. The fourth-order valence-corrected chi connectivity index (χ4v) is 4.14. The van der Waals surface area contributed by atoms with Gasteiger partial charge in [-0.25, -0.2) is 0 Å². The molecule has 0 aliphatic heterocycles. The van der Waals surface area contributed by atoms with Crippen LogP contribution in [0.4, 0.5) is 0 Å². The van der Waals surface area contributed by atoms with Gasteiger partial charge in [0, 0.05) is 0 Å². The monoisotopic (exact) mass is 362 g/mol. The van der Waals surface area contributed by atoms with E-state index in [-0.39, 0.29) is 0 Å². The van der Waals surface area contributed by atoms with Crippen molar-refractivity contribution in [2.75, 3.05) is 0 Å². The van der Waals surface area contributed by atoms with E-state index in [1.54, 1.807) is 0 Å². The summed E-state index contributed by atoms with van der Waals surface area (Å²) in [4.78, 5) is 0. The first-order valence-electron chi connectivity index (χ1n) is 10.2. The first-order chi connectivity index (χ1) is 13.9. The van der Waals surface area contributed by atoms with Crippen LogP contribution in [-0.4, -0.2) is 0 Å².